The highest BCUT2D eigenvalue weighted by Crippen LogP contribution is 2.39. The van der Waals surface area contributed by atoms with Gasteiger partial charge in [-0.15, -0.1) is 0 Å². The van der Waals surface area contributed by atoms with Gasteiger partial charge in [-0.2, -0.15) is 0 Å². The maximum atomic E-state index is 6.27. The van der Waals surface area contributed by atoms with Crippen molar-refractivity contribution < 1.29 is 8.83 Å². The molecule has 11 aromatic rings. The summed E-state index contributed by atoms with van der Waals surface area (Å²) in [7, 11) is 0. The summed E-state index contributed by atoms with van der Waals surface area (Å²) in [6.07, 6.45) is 3.53. The molecule has 0 aliphatic carbocycles. The van der Waals surface area contributed by atoms with E-state index < -0.39 is 0 Å². The van der Waals surface area contributed by atoms with E-state index in [0.717, 1.165) is 71.7 Å². The first-order chi connectivity index (χ1) is 25.3. The molecule has 0 atom stereocenters. The van der Waals surface area contributed by atoms with Crippen LogP contribution in [0.15, 0.2) is 161 Å². The fourth-order valence-corrected chi connectivity index (χ4v) is 7.56. The number of para-hydroxylation sites is 3. The van der Waals surface area contributed by atoms with Gasteiger partial charge in [0.15, 0.2) is 23.1 Å². The lowest BCUT2D eigenvalue weighted by molar-refractivity contribution is 0.667. The van der Waals surface area contributed by atoms with E-state index in [9.17, 15) is 0 Å². The summed E-state index contributed by atoms with van der Waals surface area (Å²) in [5.74, 6) is 1.67. The first-order valence-corrected chi connectivity index (χ1v) is 16.8. The molecule has 0 bridgehead atoms. The standard InChI is InChI=1S/C44H25N5O2/c1-4-17-34-28(12-1)29-13-2-5-18-35(29)49(34)27-11-7-10-26(24-27)42-46-43(32-15-8-20-37-40(32)30-14-3-6-19-36(30)50-37)48-44(47-42)33-16-9-21-38-41(33)31-22-23-45-25-39(31)51-38/h1-25H. The number of fused-ring (bicyclic) bond motifs is 9. The average Bonchev–Trinajstić information content (AvgIpc) is 3.87. The Morgan fingerprint density at radius 1 is 0.431 bits per heavy atom. The van der Waals surface area contributed by atoms with E-state index in [4.69, 9.17) is 23.8 Å². The van der Waals surface area contributed by atoms with Gasteiger partial charge in [-0.3, -0.25) is 4.98 Å². The highest BCUT2D eigenvalue weighted by atomic mass is 16.3. The molecule has 0 saturated carbocycles. The molecule has 5 aromatic heterocycles. The lowest BCUT2D eigenvalue weighted by Crippen LogP contribution is -2.01. The quantitative estimate of drug-likeness (QED) is 0.188. The van der Waals surface area contributed by atoms with Gasteiger partial charge in [0, 0.05) is 60.9 Å². The number of nitrogens with zero attached hydrogens (tertiary/aromatic N) is 5. The highest BCUT2D eigenvalue weighted by Gasteiger charge is 2.21. The fraction of sp³-hybridized carbons (Fsp3) is 0. The molecule has 0 fully saturated rings. The fourth-order valence-electron chi connectivity index (χ4n) is 7.56. The van der Waals surface area contributed by atoms with Gasteiger partial charge in [0.2, 0.25) is 0 Å². The highest BCUT2D eigenvalue weighted by molar-refractivity contribution is 6.13. The second kappa shape index (κ2) is 10.7. The third-order valence-electron chi connectivity index (χ3n) is 9.76. The van der Waals surface area contributed by atoms with Crippen LogP contribution < -0.4 is 0 Å². The van der Waals surface area contributed by atoms with Crippen LogP contribution in [0.2, 0.25) is 0 Å². The Bertz CT molecular complexity index is 2980. The zero-order valence-corrected chi connectivity index (χ0v) is 27.0. The molecular weight excluding hydrogens is 631 g/mol. The minimum Gasteiger partial charge on any atom is -0.456 e. The van der Waals surface area contributed by atoms with Crippen molar-refractivity contribution in [1.29, 1.82) is 0 Å². The van der Waals surface area contributed by atoms with E-state index in [1.807, 2.05) is 54.6 Å². The molecule has 0 amide bonds. The van der Waals surface area contributed by atoms with Gasteiger partial charge in [0.25, 0.3) is 0 Å². The van der Waals surface area contributed by atoms with Crippen LogP contribution in [0.25, 0.3) is 106 Å². The molecular formula is C44H25N5O2. The normalized spacial score (nSPS) is 11.9. The number of pyridine rings is 1. The van der Waals surface area contributed by atoms with Gasteiger partial charge in [-0.05, 0) is 48.5 Å². The van der Waals surface area contributed by atoms with Gasteiger partial charge in [-0.1, -0.05) is 91.0 Å². The predicted molar refractivity (Wildman–Crippen MR) is 203 cm³/mol. The molecule has 0 aliphatic rings. The molecule has 0 saturated heterocycles. The minimum absolute atomic E-state index is 0.548. The summed E-state index contributed by atoms with van der Waals surface area (Å²) in [5.41, 5.74) is 8.94. The van der Waals surface area contributed by atoms with E-state index in [0.29, 0.717) is 23.1 Å². The SMILES string of the molecule is c1cc(-c2nc(-c3cccc4oc5ccccc5c34)nc(-c3cccc4oc5cnccc5c34)n2)cc(-n2c3ccccc3c3ccccc32)c1. The third kappa shape index (κ3) is 4.18. The molecule has 7 nitrogen and oxygen atoms in total. The summed E-state index contributed by atoms with van der Waals surface area (Å²) in [4.78, 5) is 19.9. The van der Waals surface area contributed by atoms with Crippen molar-refractivity contribution in [2.24, 2.45) is 0 Å². The van der Waals surface area contributed by atoms with Crippen LogP contribution in [0, 0.1) is 0 Å². The first-order valence-electron chi connectivity index (χ1n) is 16.8. The molecule has 0 radical (unpaired) electrons. The number of aromatic nitrogens is 5. The summed E-state index contributed by atoms with van der Waals surface area (Å²) < 4.78 is 14.8. The van der Waals surface area contributed by atoms with E-state index in [1.54, 1.807) is 12.4 Å². The van der Waals surface area contributed by atoms with Crippen LogP contribution in [0.5, 0.6) is 0 Å². The Labute approximate surface area is 290 Å². The summed E-state index contributed by atoms with van der Waals surface area (Å²) in [6.45, 7) is 0. The number of hydrogen-bond donors (Lipinski definition) is 0. The van der Waals surface area contributed by atoms with Crippen molar-refractivity contribution in [3.05, 3.63) is 152 Å². The van der Waals surface area contributed by atoms with E-state index >= 15 is 0 Å². The molecule has 0 unspecified atom stereocenters. The van der Waals surface area contributed by atoms with Crippen LogP contribution >= 0.6 is 0 Å². The summed E-state index contributed by atoms with van der Waals surface area (Å²) in [6, 6.07) is 47.6. The Hall–Kier alpha value is -7.12. The smallest absolute Gasteiger partial charge is 0.164 e. The van der Waals surface area contributed by atoms with Gasteiger partial charge in [-0.25, -0.2) is 15.0 Å². The van der Waals surface area contributed by atoms with Crippen molar-refractivity contribution in [2.45, 2.75) is 0 Å². The number of benzene rings is 6. The number of rotatable bonds is 4. The van der Waals surface area contributed by atoms with Gasteiger partial charge < -0.3 is 13.4 Å². The lowest BCUT2D eigenvalue weighted by Gasteiger charge is -2.12. The average molecular weight is 656 g/mol. The second-order valence-electron chi connectivity index (χ2n) is 12.7. The Balaban J connectivity index is 1.19. The van der Waals surface area contributed by atoms with Crippen molar-refractivity contribution in [3.8, 4) is 39.9 Å². The van der Waals surface area contributed by atoms with Crippen LogP contribution in [-0.2, 0) is 0 Å². The van der Waals surface area contributed by atoms with E-state index in [-0.39, 0.29) is 0 Å². The zero-order chi connectivity index (χ0) is 33.5. The van der Waals surface area contributed by atoms with Gasteiger partial charge >= 0.3 is 0 Å². The molecule has 5 heterocycles. The van der Waals surface area contributed by atoms with Crippen LogP contribution in [-0.4, -0.2) is 24.5 Å². The van der Waals surface area contributed by atoms with Gasteiger partial charge in [0.1, 0.15) is 16.7 Å². The number of hydrogen-bond acceptors (Lipinski definition) is 6. The molecule has 51 heavy (non-hydrogen) atoms. The van der Waals surface area contributed by atoms with Crippen LogP contribution in [0.4, 0.5) is 0 Å². The van der Waals surface area contributed by atoms with Gasteiger partial charge in [0.05, 0.1) is 17.2 Å². The number of furan rings is 2. The Morgan fingerprint density at radius 3 is 1.69 bits per heavy atom. The summed E-state index contributed by atoms with van der Waals surface area (Å²) >= 11 is 0. The maximum absolute atomic E-state index is 6.27. The van der Waals surface area contributed by atoms with Crippen molar-refractivity contribution in [3.63, 3.8) is 0 Å². The summed E-state index contributed by atoms with van der Waals surface area (Å²) in [5, 5.41) is 6.28. The molecule has 238 valence electrons. The topological polar surface area (TPSA) is 82.8 Å². The first kappa shape index (κ1) is 27.8. The zero-order valence-electron chi connectivity index (χ0n) is 27.0. The van der Waals surface area contributed by atoms with Crippen molar-refractivity contribution in [1.82, 2.24) is 24.5 Å². The molecule has 6 aromatic carbocycles. The predicted octanol–water partition coefficient (Wildman–Crippen LogP) is 11.2. The monoisotopic (exact) mass is 655 g/mol. The van der Waals surface area contributed by atoms with Crippen molar-refractivity contribution >= 4 is 65.7 Å². The van der Waals surface area contributed by atoms with Crippen molar-refractivity contribution in [2.75, 3.05) is 0 Å². The molecule has 0 aliphatic heterocycles. The molecule has 0 N–H and O–H groups in total. The Morgan fingerprint density at radius 2 is 0.980 bits per heavy atom. The van der Waals surface area contributed by atoms with E-state index in [1.165, 1.54) is 10.8 Å². The molecule has 7 heteroatoms. The van der Waals surface area contributed by atoms with Crippen LogP contribution in [0.3, 0.4) is 0 Å². The van der Waals surface area contributed by atoms with E-state index in [2.05, 4.69) is 94.5 Å². The van der Waals surface area contributed by atoms with Crippen LogP contribution in [0.1, 0.15) is 0 Å². The lowest BCUT2D eigenvalue weighted by atomic mass is 10.0. The largest absolute Gasteiger partial charge is 0.456 e. The molecule has 0 spiro atoms. The Kier molecular flexibility index (Phi) is 5.83. The molecule has 11 rings (SSSR count). The second-order valence-corrected chi connectivity index (χ2v) is 12.7. The minimum atomic E-state index is 0.548. The third-order valence-corrected chi connectivity index (χ3v) is 9.76. The maximum Gasteiger partial charge on any atom is 0.164 e.